The van der Waals surface area contributed by atoms with Crippen LogP contribution in [-0.2, 0) is 14.4 Å². The zero-order chi connectivity index (χ0) is 10.4. The van der Waals surface area contributed by atoms with Gasteiger partial charge in [0.1, 0.15) is 0 Å². The van der Waals surface area contributed by atoms with Crippen LogP contribution in [0.25, 0.3) is 0 Å². The smallest absolute Gasteiger partial charge is 0.291 e. The maximum absolute atomic E-state index is 10.6. The van der Waals surface area contributed by atoms with Crippen LogP contribution in [0.3, 0.4) is 0 Å². The van der Waals surface area contributed by atoms with Crippen molar-refractivity contribution in [2.45, 2.75) is 6.92 Å². The summed E-state index contributed by atoms with van der Waals surface area (Å²) < 4.78 is 0. The number of benzene rings is 1. The molecule has 0 N–H and O–H groups in total. The van der Waals surface area contributed by atoms with E-state index in [1.54, 1.807) is 24.3 Å². The second-order valence-electron chi connectivity index (χ2n) is 2.45. The molecule has 1 rings (SSSR count). The van der Waals surface area contributed by atoms with Crippen molar-refractivity contribution in [1.82, 2.24) is 0 Å². The number of hydrogen-bond acceptors (Lipinski definition) is 5. The van der Waals surface area contributed by atoms with Crippen molar-refractivity contribution >= 4 is 17.4 Å². The molecule has 0 aromatic heterocycles. The minimum absolute atomic E-state index is 0.545. The van der Waals surface area contributed by atoms with Gasteiger partial charge in [0.25, 0.3) is 0 Å². The van der Waals surface area contributed by atoms with E-state index in [4.69, 9.17) is 0 Å². The molecule has 14 heavy (non-hydrogen) atoms. The van der Waals surface area contributed by atoms with Crippen molar-refractivity contribution < 1.29 is 14.4 Å². The van der Waals surface area contributed by atoms with Gasteiger partial charge in [-0.05, 0) is 12.1 Å². The second kappa shape index (κ2) is 4.86. The third-order valence-electron chi connectivity index (χ3n) is 1.32. The fourth-order valence-corrected chi connectivity index (χ4v) is 0.664. The molecular weight excluding hydrogens is 184 g/mol. The Bertz CT molecular complexity index is 360. The van der Waals surface area contributed by atoms with Crippen LogP contribution < -0.4 is 0 Å². The number of hydrogen-bond donors (Lipinski definition) is 0. The van der Waals surface area contributed by atoms with Crippen LogP contribution >= 0.6 is 0 Å². The molecule has 0 bridgehead atoms. The number of carbonyl (C=O) groups is 2. The maximum Gasteiger partial charge on any atom is 0.402 e. The van der Waals surface area contributed by atoms with Crippen LogP contribution in [0.4, 0.5) is 5.69 Å². The lowest BCUT2D eigenvalue weighted by Crippen LogP contribution is -2.09. The Balaban J connectivity index is 2.50. The van der Waals surface area contributed by atoms with E-state index in [1.165, 1.54) is 0 Å². The number of rotatable bonds is 3. The molecule has 0 fully saturated rings. The third kappa shape index (κ3) is 3.14. The largest absolute Gasteiger partial charge is 0.402 e. The topological polar surface area (TPSA) is 68.1 Å². The number of nitrogens with zero attached hydrogens (tertiary/aromatic N) is 2. The summed E-state index contributed by atoms with van der Waals surface area (Å²) in [7, 11) is 0. The summed E-state index contributed by atoms with van der Waals surface area (Å²) in [4.78, 5) is 25.2. The molecule has 0 aliphatic rings. The summed E-state index contributed by atoms with van der Waals surface area (Å²) in [6, 6.07) is 8.72. The highest BCUT2D eigenvalue weighted by Gasteiger charge is 2.07. The van der Waals surface area contributed by atoms with Crippen LogP contribution in [0.1, 0.15) is 6.92 Å². The monoisotopic (exact) mass is 192 g/mol. The van der Waals surface area contributed by atoms with E-state index < -0.39 is 11.8 Å². The summed E-state index contributed by atoms with van der Waals surface area (Å²) in [6.07, 6.45) is 0. The molecule has 0 unspecified atom stereocenters. The first-order valence-electron chi connectivity index (χ1n) is 3.88. The number of carbonyl (C=O) groups excluding carboxylic acids is 2. The molecule has 0 radical (unpaired) electrons. The van der Waals surface area contributed by atoms with Gasteiger partial charge in [-0.15, -0.1) is 5.11 Å². The Morgan fingerprint density at radius 2 is 1.86 bits per heavy atom. The third-order valence-corrected chi connectivity index (χ3v) is 1.32. The molecule has 1 aromatic rings. The van der Waals surface area contributed by atoms with E-state index in [9.17, 15) is 9.59 Å². The first-order valence-corrected chi connectivity index (χ1v) is 3.88. The fourth-order valence-electron chi connectivity index (χ4n) is 0.664. The van der Waals surface area contributed by atoms with Gasteiger partial charge in [-0.25, -0.2) is 4.79 Å². The van der Waals surface area contributed by atoms with Gasteiger partial charge in [0, 0.05) is 12.2 Å². The fraction of sp³-hybridized carbons (Fsp3) is 0.111. The Hall–Kier alpha value is -2.04. The van der Waals surface area contributed by atoms with Gasteiger partial charge >= 0.3 is 5.97 Å². The molecule has 0 atom stereocenters. The first kappa shape index (κ1) is 10.0. The van der Waals surface area contributed by atoms with Crippen LogP contribution in [-0.4, -0.2) is 11.8 Å². The summed E-state index contributed by atoms with van der Waals surface area (Å²) >= 11 is 0. The Labute approximate surface area is 80.4 Å². The molecule has 0 aliphatic carbocycles. The molecule has 72 valence electrons. The SMILES string of the molecule is CC(=O)C(=O)ON=Nc1ccccc1. The first-order chi connectivity index (χ1) is 6.70. The van der Waals surface area contributed by atoms with Crippen molar-refractivity contribution in [3.8, 4) is 0 Å². The molecule has 1 aromatic carbocycles. The summed E-state index contributed by atoms with van der Waals surface area (Å²) in [5, 5.41) is 6.68. The average molecular weight is 192 g/mol. The molecule has 0 saturated carbocycles. The number of Topliss-reactive ketones (excluding diaryl/α,β-unsaturated/α-hetero) is 1. The van der Waals surface area contributed by atoms with Crippen molar-refractivity contribution in [1.29, 1.82) is 0 Å². The molecular formula is C9H8N2O3. The van der Waals surface area contributed by atoms with Crippen molar-refractivity contribution in [3.05, 3.63) is 30.3 Å². The van der Waals surface area contributed by atoms with Gasteiger partial charge < -0.3 is 0 Å². The van der Waals surface area contributed by atoms with Gasteiger partial charge in [-0.3, -0.25) is 9.63 Å². The second-order valence-corrected chi connectivity index (χ2v) is 2.45. The van der Waals surface area contributed by atoms with E-state index in [0.29, 0.717) is 5.69 Å². The summed E-state index contributed by atoms with van der Waals surface area (Å²) in [5.41, 5.74) is 0.545. The number of ketones is 1. The standard InChI is InChI=1S/C9H8N2O3/c1-7(12)9(13)14-11-10-8-5-3-2-4-6-8/h2-6H,1H3. The van der Waals surface area contributed by atoms with Crippen LogP contribution in [0.5, 0.6) is 0 Å². The minimum Gasteiger partial charge on any atom is -0.291 e. The van der Waals surface area contributed by atoms with Crippen LogP contribution in [0.15, 0.2) is 40.7 Å². The highest BCUT2D eigenvalue weighted by atomic mass is 16.7. The molecule has 5 nitrogen and oxygen atoms in total. The molecule has 5 heteroatoms. The van der Waals surface area contributed by atoms with Gasteiger partial charge in [0.2, 0.25) is 5.78 Å². The minimum atomic E-state index is -1.02. The van der Waals surface area contributed by atoms with Crippen molar-refractivity contribution in [2.24, 2.45) is 10.4 Å². The Morgan fingerprint density at radius 1 is 1.21 bits per heavy atom. The van der Waals surface area contributed by atoms with Gasteiger partial charge in [-0.2, -0.15) is 0 Å². The van der Waals surface area contributed by atoms with E-state index >= 15 is 0 Å². The highest BCUT2D eigenvalue weighted by molar-refractivity contribution is 6.32. The van der Waals surface area contributed by atoms with E-state index in [0.717, 1.165) is 6.92 Å². The molecule has 0 saturated heterocycles. The maximum atomic E-state index is 10.6. The normalized spacial score (nSPS) is 10.1. The lowest BCUT2D eigenvalue weighted by molar-refractivity contribution is -0.153. The zero-order valence-corrected chi connectivity index (χ0v) is 7.51. The van der Waals surface area contributed by atoms with Crippen molar-refractivity contribution in [2.75, 3.05) is 0 Å². The lowest BCUT2D eigenvalue weighted by atomic mass is 10.3. The lowest BCUT2D eigenvalue weighted by Gasteiger charge is -1.90. The van der Waals surface area contributed by atoms with Gasteiger partial charge in [-0.1, -0.05) is 18.2 Å². The Kier molecular flexibility index (Phi) is 3.49. The van der Waals surface area contributed by atoms with E-state index in [-0.39, 0.29) is 0 Å². The molecule has 0 heterocycles. The summed E-state index contributed by atoms with van der Waals surface area (Å²) in [5.74, 6) is -1.73. The highest BCUT2D eigenvalue weighted by Crippen LogP contribution is 2.09. The zero-order valence-electron chi connectivity index (χ0n) is 7.51. The van der Waals surface area contributed by atoms with Crippen molar-refractivity contribution in [3.63, 3.8) is 0 Å². The van der Waals surface area contributed by atoms with Crippen LogP contribution in [0.2, 0.25) is 0 Å². The predicted octanol–water partition coefficient (Wildman–Crippen LogP) is 1.82. The summed E-state index contributed by atoms with van der Waals surface area (Å²) in [6.45, 7) is 1.10. The van der Waals surface area contributed by atoms with Gasteiger partial charge in [0.05, 0.1) is 5.69 Å². The van der Waals surface area contributed by atoms with Crippen LogP contribution in [0, 0.1) is 0 Å². The quantitative estimate of drug-likeness (QED) is 0.416. The molecule has 0 aliphatic heterocycles. The predicted molar refractivity (Wildman–Crippen MR) is 47.7 cm³/mol. The van der Waals surface area contributed by atoms with Gasteiger partial charge in [0.15, 0.2) is 0 Å². The van der Waals surface area contributed by atoms with E-state index in [1.807, 2.05) is 6.07 Å². The molecule has 0 spiro atoms. The van der Waals surface area contributed by atoms with E-state index in [2.05, 4.69) is 15.2 Å². The molecule has 0 amide bonds. The Morgan fingerprint density at radius 3 is 2.43 bits per heavy atom. The average Bonchev–Trinajstić information content (AvgIpc) is 2.19.